The summed E-state index contributed by atoms with van der Waals surface area (Å²) in [6.45, 7) is 0.226. The Morgan fingerprint density at radius 3 is 2.76 bits per heavy atom. The van der Waals surface area contributed by atoms with Crippen LogP contribution >= 0.6 is 22.9 Å². The topological polar surface area (TPSA) is 91.3 Å². The molecule has 21 heavy (non-hydrogen) atoms. The van der Waals surface area contributed by atoms with E-state index in [2.05, 4.69) is 15.6 Å². The maximum absolute atomic E-state index is 11.8. The average molecular weight is 326 g/mol. The Balaban J connectivity index is 2.01. The number of hydrogen-bond donors (Lipinski definition) is 3. The number of urea groups is 1. The zero-order valence-electron chi connectivity index (χ0n) is 10.7. The molecule has 0 fully saturated rings. The van der Waals surface area contributed by atoms with Gasteiger partial charge in [0.1, 0.15) is 0 Å². The Hall–Kier alpha value is -2.12. The summed E-state index contributed by atoms with van der Waals surface area (Å²) in [5.74, 6) is -1.19. The molecule has 2 rings (SSSR count). The van der Waals surface area contributed by atoms with Crippen LogP contribution in [0.15, 0.2) is 35.2 Å². The van der Waals surface area contributed by atoms with Crippen molar-refractivity contribution in [2.75, 3.05) is 0 Å². The van der Waals surface area contributed by atoms with Crippen LogP contribution < -0.4 is 10.6 Å². The summed E-state index contributed by atoms with van der Waals surface area (Å²) in [7, 11) is 0. The van der Waals surface area contributed by atoms with E-state index < -0.39 is 18.0 Å². The van der Waals surface area contributed by atoms with E-state index in [1.54, 1.807) is 35.2 Å². The first-order valence-electron chi connectivity index (χ1n) is 5.96. The van der Waals surface area contributed by atoms with E-state index in [0.717, 1.165) is 0 Å². The molecule has 0 aliphatic rings. The third-order valence-corrected chi connectivity index (χ3v) is 3.63. The van der Waals surface area contributed by atoms with Crippen molar-refractivity contribution in [3.8, 4) is 0 Å². The molecule has 6 nitrogen and oxygen atoms in total. The molecule has 0 aliphatic heterocycles. The van der Waals surface area contributed by atoms with Crippen molar-refractivity contribution in [1.82, 2.24) is 15.6 Å². The number of benzene rings is 1. The van der Waals surface area contributed by atoms with Crippen molar-refractivity contribution in [1.29, 1.82) is 0 Å². The highest BCUT2D eigenvalue weighted by atomic mass is 35.5. The highest BCUT2D eigenvalue weighted by Crippen LogP contribution is 2.22. The molecule has 1 atom stereocenters. The number of nitrogens with one attached hydrogen (secondary N) is 2. The molecular formula is C13H12ClN3O3S. The number of carboxylic acids is 1. The third kappa shape index (κ3) is 4.17. The third-order valence-electron chi connectivity index (χ3n) is 2.65. The van der Waals surface area contributed by atoms with E-state index in [0.29, 0.717) is 11.3 Å². The molecule has 1 aromatic carbocycles. The smallest absolute Gasteiger partial charge is 0.331 e. The number of halogens is 1. The van der Waals surface area contributed by atoms with Gasteiger partial charge >= 0.3 is 12.0 Å². The van der Waals surface area contributed by atoms with Gasteiger partial charge in [0.2, 0.25) is 0 Å². The van der Waals surface area contributed by atoms with Crippen LogP contribution in [0.25, 0.3) is 0 Å². The summed E-state index contributed by atoms with van der Waals surface area (Å²) in [6.07, 6.45) is 0. The fourth-order valence-electron chi connectivity index (χ4n) is 1.66. The first-order chi connectivity index (χ1) is 10.1. The van der Waals surface area contributed by atoms with Crippen LogP contribution in [0.1, 0.15) is 17.3 Å². The second-order valence-electron chi connectivity index (χ2n) is 4.10. The maximum Gasteiger partial charge on any atom is 0.331 e. The molecular weight excluding hydrogens is 314 g/mol. The molecule has 3 N–H and O–H groups in total. The van der Waals surface area contributed by atoms with Crippen LogP contribution in [0.2, 0.25) is 5.02 Å². The summed E-state index contributed by atoms with van der Waals surface area (Å²) in [4.78, 5) is 27.1. The lowest BCUT2D eigenvalue weighted by atomic mass is 10.1. The number of hydrogen-bond acceptors (Lipinski definition) is 4. The van der Waals surface area contributed by atoms with Gasteiger partial charge in [-0.15, -0.1) is 11.3 Å². The van der Waals surface area contributed by atoms with Crippen LogP contribution in [0.5, 0.6) is 0 Å². The van der Waals surface area contributed by atoms with E-state index >= 15 is 0 Å². The standard InChI is InChI=1S/C13H12ClN3O3S/c14-10-4-2-1-3-9(10)11(12(18)19)17-13(20)15-5-8-6-21-7-16-8/h1-4,6-7,11H,5H2,(H,18,19)(H2,15,17,20)/t11-/m1/s1. The predicted octanol–water partition coefficient (Wildman–Crippen LogP) is 2.42. The monoisotopic (exact) mass is 325 g/mol. The van der Waals surface area contributed by atoms with Crippen LogP contribution in [0.4, 0.5) is 4.79 Å². The quantitative estimate of drug-likeness (QED) is 0.787. The van der Waals surface area contributed by atoms with E-state index in [9.17, 15) is 14.7 Å². The predicted molar refractivity (Wildman–Crippen MR) is 79.3 cm³/mol. The highest BCUT2D eigenvalue weighted by molar-refractivity contribution is 7.07. The number of aliphatic carboxylic acids is 1. The number of carbonyl (C=O) groups excluding carboxylic acids is 1. The molecule has 2 amide bonds. The second kappa shape index (κ2) is 7.05. The van der Waals surface area contributed by atoms with E-state index in [4.69, 9.17) is 11.6 Å². The van der Waals surface area contributed by atoms with Crippen molar-refractivity contribution in [2.24, 2.45) is 0 Å². The zero-order chi connectivity index (χ0) is 15.2. The summed E-state index contributed by atoms with van der Waals surface area (Å²) in [5, 5.41) is 16.2. The largest absolute Gasteiger partial charge is 0.479 e. The van der Waals surface area contributed by atoms with E-state index in [1.165, 1.54) is 11.3 Å². The summed E-state index contributed by atoms with van der Waals surface area (Å²) in [5.41, 5.74) is 2.69. The molecule has 0 spiro atoms. The molecule has 2 aromatic rings. The Kier molecular flexibility index (Phi) is 5.13. The molecule has 110 valence electrons. The van der Waals surface area contributed by atoms with Crippen molar-refractivity contribution in [3.05, 3.63) is 51.4 Å². The van der Waals surface area contributed by atoms with Gasteiger partial charge in [-0.25, -0.2) is 14.6 Å². The minimum absolute atomic E-state index is 0.226. The lowest BCUT2D eigenvalue weighted by molar-refractivity contribution is -0.139. The molecule has 0 unspecified atom stereocenters. The van der Waals surface area contributed by atoms with Gasteiger partial charge < -0.3 is 15.7 Å². The molecule has 0 radical (unpaired) electrons. The van der Waals surface area contributed by atoms with E-state index in [1.807, 2.05) is 0 Å². The first-order valence-corrected chi connectivity index (χ1v) is 7.28. The average Bonchev–Trinajstić information content (AvgIpc) is 2.96. The van der Waals surface area contributed by atoms with Crippen molar-refractivity contribution < 1.29 is 14.7 Å². The zero-order valence-corrected chi connectivity index (χ0v) is 12.3. The summed E-state index contributed by atoms with van der Waals surface area (Å²) in [6, 6.07) is 4.66. The fraction of sp³-hybridized carbons (Fsp3) is 0.154. The minimum Gasteiger partial charge on any atom is -0.479 e. The number of nitrogens with zero attached hydrogens (tertiary/aromatic N) is 1. The first kappa shape index (κ1) is 15.3. The number of thiazole rings is 1. The van der Waals surface area contributed by atoms with Gasteiger partial charge in [-0.1, -0.05) is 29.8 Å². The van der Waals surface area contributed by atoms with Gasteiger partial charge in [0.25, 0.3) is 0 Å². The van der Waals surface area contributed by atoms with Gasteiger partial charge in [-0.05, 0) is 6.07 Å². The van der Waals surface area contributed by atoms with Crippen molar-refractivity contribution in [2.45, 2.75) is 12.6 Å². The normalized spacial score (nSPS) is 11.7. The maximum atomic E-state index is 11.8. The molecule has 0 saturated carbocycles. The number of amides is 2. The van der Waals surface area contributed by atoms with Crippen LogP contribution in [-0.2, 0) is 11.3 Å². The van der Waals surface area contributed by atoms with Gasteiger partial charge in [0.15, 0.2) is 6.04 Å². The van der Waals surface area contributed by atoms with Crippen molar-refractivity contribution >= 4 is 34.9 Å². The lowest BCUT2D eigenvalue weighted by Crippen LogP contribution is -2.40. The van der Waals surface area contributed by atoms with Crippen LogP contribution in [0.3, 0.4) is 0 Å². The molecule has 0 saturated heterocycles. The fourth-order valence-corrected chi connectivity index (χ4v) is 2.46. The summed E-state index contributed by atoms with van der Waals surface area (Å²) < 4.78 is 0. The number of aromatic nitrogens is 1. The summed E-state index contributed by atoms with van der Waals surface area (Å²) >= 11 is 7.38. The van der Waals surface area contributed by atoms with Gasteiger partial charge in [0, 0.05) is 16.0 Å². The number of carbonyl (C=O) groups is 2. The van der Waals surface area contributed by atoms with Gasteiger partial charge in [-0.2, -0.15) is 0 Å². The number of carboxylic acid groups (broad SMARTS) is 1. The molecule has 1 heterocycles. The lowest BCUT2D eigenvalue weighted by Gasteiger charge is -2.16. The van der Waals surface area contributed by atoms with E-state index in [-0.39, 0.29) is 11.6 Å². The Morgan fingerprint density at radius 2 is 2.14 bits per heavy atom. The Labute approximate surface area is 129 Å². The molecule has 1 aromatic heterocycles. The molecule has 8 heteroatoms. The van der Waals surface area contributed by atoms with Crippen molar-refractivity contribution in [3.63, 3.8) is 0 Å². The molecule has 0 bridgehead atoms. The molecule has 0 aliphatic carbocycles. The minimum atomic E-state index is -1.21. The second-order valence-corrected chi connectivity index (χ2v) is 5.23. The SMILES string of the molecule is O=C(NCc1cscn1)N[C@@H](C(=O)O)c1ccccc1Cl. The Bertz CT molecular complexity index is 633. The van der Waals surface area contributed by atoms with Crippen LogP contribution in [0, 0.1) is 0 Å². The van der Waals surface area contributed by atoms with Crippen LogP contribution in [-0.4, -0.2) is 22.1 Å². The highest BCUT2D eigenvalue weighted by Gasteiger charge is 2.24. The Morgan fingerprint density at radius 1 is 1.38 bits per heavy atom. The number of rotatable bonds is 5. The van der Waals surface area contributed by atoms with Gasteiger partial charge in [0.05, 0.1) is 17.7 Å². The van der Waals surface area contributed by atoms with Gasteiger partial charge in [-0.3, -0.25) is 0 Å².